The molecule has 0 aliphatic carbocycles. The Morgan fingerprint density at radius 1 is 1.30 bits per heavy atom. The molecule has 2 unspecified atom stereocenters. The first kappa shape index (κ1) is 16.6. The topological polar surface area (TPSA) is 95.6 Å². The molecule has 2 atom stereocenters. The molecule has 0 aliphatic heterocycles. The van der Waals surface area contributed by atoms with Crippen LogP contribution >= 0.6 is 0 Å². The Hall–Kier alpha value is -1.50. The van der Waals surface area contributed by atoms with Gasteiger partial charge in [-0.1, -0.05) is 13.8 Å². The Morgan fingerprint density at radius 2 is 1.90 bits per heavy atom. The fourth-order valence-corrected chi connectivity index (χ4v) is 2.01. The zero-order valence-corrected chi connectivity index (χ0v) is 11.8. The molecular formula is C14H22N2O4. The molecule has 0 spiro atoms. The molecule has 112 valence electrons. The fraction of sp³-hybridized carbons (Fsp3) is 0.571. The zero-order valence-electron chi connectivity index (χ0n) is 11.8. The van der Waals surface area contributed by atoms with Crippen LogP contribution in [0.1, 0.15) is 31.9 Å². The summed E-state index contributed by atoms with van der Waals surface area (Å²) in [6, 6.07) is 5.77. The van der Waals surface area contributed by atoms with Crippen molar-refractivity contribution in [1.82, 2.24) is 5.32 Å². The minimum absolute atomic E-state index is 0.00181. The second-order valence-corrected chi connectivity index (χ2v) is 5.28. The molecule has 0 aliphatic rings. The van der Waals surface area contributed by atoms with E-state index in [9.17, 15) is 20.3 Å². The largest absolute Gasteiger partial charge is 0.395 e. The van der Waals surface area contributed by atoms with Crippen LogP contribution in [0.4, 0.5) is 5.69 Å². The maximum absolute atomic E-state index is 10.5. The molecule has 6 nitrogen and oxygen atoms in total. The molecule has 3 N–H and O–H groups in total. The molecule has 1 rings (SSSR count). The number of non-ortho nitro benzene ring substituents is 1. The summed E-state index contributed by atoms with van der Waals surface area (Å²) < 4.78 is 0. The number of aliphatic hydroxyl groups excluding tert-OH is 2. The summed E-state index contributed by atoms with van der Waals surface area (Å²) in [4.78, 5) is 10.1. The fourth-order valence-electron chi connectivity index (χ4n) is 2.01. The van der Waals surface area contributed by atoms with Crippen LogP contribution < -0.4 is 5.32 Å². The lowest BCUT2D eigenvalue weighted by Gasteiger charge is -2.20. The van der Waals surface area contributed by atoms with Gasteiger partial charge in [-0.25, -0.2) is 0 Å². The van der Waals surface area contributed by atoms with E-state index in [4.69, 9.17) is 0 Å². The summed E-state index contributed by atoms with van der Waals surface area (Å²) in [6.07, 6.45) is 0.0701. The normalized spacial score (nSPS) is 14.2. The number of aliphatic hydroxyl groups is 2. The lowest BCUT2D eigenvalue weighted by molar-refractivity contribution is -0.384. The lowest BCUT2D eigenvalue weighted by Crippen LogP contribution is -2.36. The minimum Gasteiger partial charge on any atom is -0.395 e. The molecule has 0 fully saturated rings. The molecule has 0 amide bonds. The van der Waals surface area contributed by atoms with E-state index in [2.05, 4.69) is 19.2 Å². The average molecular weight is 282 g/mol. The summed E-state index contributed by atoms with van der Waals surface area (Å²) in [6.45, 7) is 4.45. The van der Waals surface area contributed by atoms with Crippen molar-refractivity contribution >= 4 is 5.69 Å². The van der Waals surface area contributed by atoms with Gasteiger partial charge in [0.2, 0.25) is 0 Å². The number of nitrogens with zero attached hydrogens (tertiary/aromatic N) is 1. The van der Waals surface area contributed by atoms with Gasteiger partial charge in [0.1, 0.15) is 0 Å². The first-order valence-electron chi connectivity index (χ1n) is 6.70. The number of benzene rings is 1. The van der Waals surface area contributed by atoms with Crippen LogP contribution in [-0.4, -0.2) is 34.3 Å². The van der Waals surface area contributed by atoms with Crippen molar-refractivity contribution in [2.75, 3.05) is 13.2 Å². The molecule has 0 saturated heterocycles. The summed E-state index contributed by atoms with van der Waals surface area (Å²) in [7, 11) is 0. The number of nitro groups is 1. The number of hydrogen-bond donors (Lipinski definition) is 3. The van der Waals surface area contributed by atoms with E-state index in [1.54, 1.807) is 12.1 Å². The van der Waals surface area contributed by atoms with E-state index < -0.39 is 11.0 Å². The molecule has 0 aromatic heterocycles. The lowest BCUT2D eigenvalue weighted by atomic mass is 10.0. The molecule has 0 saturated carbocycles. The van der Waals surface area contributed by atoms with Gasteiger partial charge in [0.15, 0.2) is 0 Å². The Labute approximate surface area is 118 Å². The zero-order chi connectivity index (χ0) is 15.1. The van der Waals surface area contributed by atoms with Crippen LogP contribution in [0.3, 0.4) is 0 Å². The predicted molar refractivity (Wildman–Crippen MR) is 76.4 cm³/mol. The summed E-state index contributed by atoms with van der Waals surface area (Å²) in [5, 5.41) is 32.9. The molecule has 0 heterocycles. The third kappa shape index (κ3) is 5.24. The van der Waals surface area contributed by atoms with Gasteiger partial charge >= 0.3 is 0 Å². The summed E-state index contributed by atoms with van der Waals surface area (Å²) in [5.74, 6) is 0.455. The van der Waals surface area contributed by atoms with Crippen molar-refractivity contribution in [3.05, 3.63) is 39.9 Å². The van der Waals surface area contributed by atoms with Gasteiger partial charge in [0.25, 0.3) is 5.69 Å². The highest BCUT2D eigenvalue weighted by molar-refractivity contribution is 5.33. The maximum atomic E-state index is 10.5. The van der Waals surface area contributed by atoms with E-state index in [1.165, 1.54) is 12.1 Å². The van der Waals surface area contributed by atoms with Gasteiger partial charge in [-0.05, 0) is 30.0 Å². The van der Waals surface area contributed by atoms with Gasteiger partial charge in [-0.2, -0.15) is 0 Å². The number of rotatable bonds is 8. The second-order valence-electron chi connectivity index (χ2n) is 5.28. The van der Waals surface area contributed by atoms with Crippen molar-refractivity contribution in [1.29, 1.82) is 0 Å². The Bertz CT molecular complexity index is 420. The van der Waals surface area contributed by atoms with E-state index in [0.717, 1.165) is 6.42 Å². The van der Waals surface area contributed by atoms with Crippen molar-refractivity contribution in [2.45, 2.75) is 32.4 Å². The molecule has 1 aromatic rings. The van der Waals surface area contributed by atoms with Crippen molar-refractivity contribution in [3.63, 3.8) is 0 Å². The third-order valence-corrected chi connectivity index (χ3v) is 3.06. The highest BCUT2D eigenvalue weighted by Gasteiger charge is 2.14. The quantitative estimate of drug-likeness (QED) is 0.497. The Balaban J connectivity index is 2.53. The van der Waals surface area contributed by atoms with Crippen LogP contribution in [0, 0.1) is 16.0 Å². The van der Waals surface area contributed by atoms with E-state index >= 15 is 0 Å². The molecule has 6 heteroatoms. The molecule has 0 radical (unpaired) electrons. The predicted octanol–water partition coefficient (Wildman–Crippen LogP) is 1.62. The molecular weight excluding hydrogens is 260 g/mol. The maximum Gasteiger partial charge on any atom is 0.269 e. The average Bonchev–Trinajstić information content (AvgIpc) is 2.42. The van der Waals surface area contributed by atoms with Crippen molar-refractivity contribution in [3.8, 4) is 0 Å². The second kappa shape index (κ2) is 7.94. The Morgan fingerprint density at radius 3 is 2.35 bits per heavy atom. The van der Waals surface area contributed by atoms with Crippen LogP contribution in [0.2, 0.25) is 0 Å². The van der Waals surface area contributed by atoms with Gasteiger partial charge in [-0.15, -0.1) is 0 Å². The van der Waals surface area contributed by atoms with Crippen LogP contribution in [0.5, 0.6) is 0 Å². The van der Waals surface area contributed by atoms with Crippen LogP contribution in [0.15, 0.2) is 24.3 Å². The van der Waals surface area contributed by atoms with Crippen molar-refractivity contribution < 1.29 is 15.1 Å². The summed E-state index contributed by atoms with van der Waals surface area (Å²) >= 11 is 0. The number of hydrogen-bond acceptors (Lipinski definition) is 5. The van der Waals surface area contributed by atoms with Gasteiger partial charge < -0.3 is 15.5 Å². The SMILES string of the molecule is CC(C)CC(CO)NCC(O)c1ccc([N+](=O)[O-])cc1. The number of nitrogens with one attached hydrogen (secondary N) is 1. The monoisotopic (exact) mass is 282 g/mol. The third-order valence-electron chi connectivity index (χ3n) is 3.06. The molecule has 0 bridgehead atoms. The minimum atomic E-state index is -0.753. The molecule has 1 aromatic carbocycles. The van der Waals surface area contributed by atoms with Gasteiger partial charge in [0, 0.05) is 24.7 Å². The van der Waals surface area contributed by atoms with E-state index in [0.29, 0.717) is 18.0 Å². The van der Waals surface area contributed by atoms with E-state index in [1.807, 2.05) is 0 Å². The van der Waals surface area contributed by atoms with Crippen LogP contribution in [0.25, 0.3) is 0 Å². The number of nitro benzene ring substituents is 1. The van der Waals surface area contributed by atoms with Crippen LogP contribution in [-0.2, 0) is 0 Å². The smallest absolute Gasteiger partial charge is 0.269 e. The first-order valence-corrected chi connectivity index (χ1v) is 6.70. The highest BCUT2D eigenvalue weighted by atomic mass is 16.6. The highest BCUT2D eigenvalue weighted by Crippen LogP contribution is 2.17. The van der Waals surface area contributed by atoms with E-state index in [-0.39, 0.29) is 18.3 Å². The van der Waals surface area contributed by atoms with Gasteiger partial charge in [-0.3, -0.25) is 10.1 Å². The van der Waals surface area contributed by atoms with Crippen molar-refractivity contribution in [2.24, 2.45) is 5.92 Å². The first-order chi connectivity index (χ1) is 9.43. The van der Waals surface area contributed by atoms with Gasteiger partial charge in [0.05, 0.1) is 17.6 Å². The standard InChI is InChI=1S/C14H22N2O4/c1-10(2)7-12(9-17)15-8-14(18)11-3-5-13(6-4-11)16(19)20/h3-6,10,12,14-15,17-18H,7-9H2,1-2H3. The Kier molecular flexibility index (Phi) is 6.57. The molecule has 20 heavy (non-hydrogen) atoms. The summed E-state index contributed by atoms with van der Waals surface area (Å²) in [5.41, 5.74) is 0.617.